The van der Waals surface area contributed by atoms with Gasteiger partial charge in [-0.2, -0.15) is 0 Å². The van der Waals surface area contributed by atoms with E-state index in [1.165, 1.54) is 12.1 Å². The van der Waals surface area contributed by atoms with Gasteiger partial charge >= 0.3 is 6.36 Å². The highest BCUT2D eigenvalue weighted by Gasteiger charge is 2.31. The molecule has 0 aliphatic carbocycles. The lowest BCUT2D eigenvalue weighted by Gasteiger charge is -2.14. The lowest BCUT2D eigenvalue weighted by molar-refractivity contribution is -0.274. The lowest BCUT2D eigenvalue weighted by Crippen LogP contribution is -2.28. The number of ether oxygens (including phenoxy) is 1. The Kier molecular flexibility index (Phi) is 3.46. The molecule has 19 heavy (non-hydrogen) atoms. The van der Waals surface area contributed by atoms with Crippen LogP contribution in [0, 0.1) is 0 Å². The average molecular weight is 273 g/mol. The molecule has 1 saturated heterocycles. The molecule has 1 fully saturated rings. The van der Waals surface area contributed by atoms with Crippen LogP contribution >= 0.6 is 0 Å². The highest BCUT2D eigenvalue weighted by atomic mass is 19.4. The maximum Gasteiger partial charge on any atom is 0.573 e. The van der Waals surface area contributed by atoms with Crippen LogP contribution < -0.4 is 4.74 Å². The number of carbonyl (C=O) groups is 2. The smallest absolute Gasteiger partial charge is 0.406 e. The largest absolute Gasteiger partial charge is 0.573 e. The molecule has 2 rings (SSSR count). The molecule has 2 amide bonds. The minimum atomic E-state index is -4.73. The van der Waals surface area contributed by atoms with Gasteiger partial charge in [0.2, 0.25) is 11.8 Å². The molecule has 0 atom stereocenters. The van der Waals surface area contributed by atoms with Gasteiger partial charge in [0.25, 0.3) is 0 Å². The Balaban J connectivity index is 2.03. The predicted octanol–water partition coefficient (Wildman–Crippen LogP) is 2.23. The number of alkyl halides is 3. The van der Waals surface area contributed by atoms with E-state index in [0.717, 1.165) is 17.0 Å². The van der Waals surface area contributed by atoms with Crippen molar-refractivity contribution in [1.82, 2.24) is 4.90 Å². The van der Waals surface area contributed by atoms with Gasteiger partial charge in [0.15, 0.2) is 0 Å². The standard InChI is InChI=1S/C12H10F3NO3/c13-12(14,15)19-9-3-1-8(2-4-9)7-16-10(17)5-6-11(16)18/h1-4H,5-7H2. The molecular weight excluding hydrogens is 263 g/mol. The fourth-order valence-electron chi connectivity index (χ4n) is 1.78. The molecule has 7 heteroatoms. The second kappa shape index (κ2) is 4.91. The maximum atomic E-state index is 12.0. The van der Waals surface area contributed by atoms with Gasteiger partial charge in [0, 0.05) is 12.8 Å². The Labute approximate surface area is 106 Å². The van der Waals surface area contributed by atoms with E-state index in [0.29, 0.717) is 5.56 Å². The van der Waals surface area contributed by atoms with Gasteiger partial charge in [-0.25, -0.2) is 0 Å². The van der Waals surface area contributed by atoms with Gasteiger partial charge in [-0.1, -0.05) is 12.1 Å². The molecule has 1 heterocycles. The SMILES string of the molecule is O=C1CCC(=O)N1Cc1ccc(OC(F)(F)F)cc1. The predicted molar refractivity (Wildman–Crippen MR) is 57.9 cm³/mol. The molecule has 1 aromatic rings. The highest BCUT2D eigenvalue weighted by molar-refractivity contribution is 6.01. The summed E-state index contributed by atoms with van der Waals surface area (Å²) in [5.74, 6) is -0.864. The molecular formula is C12H10F3NO3. The molecule has 0 radical (unpaired) electrons. The number of rotatable bonds is 3. The Bertz CT molecular complexity index is 480. The molecule has 0 N–H and O–H groups in total. The number of imide groups is 1. The van der Waals surface area contributed by atoms with E-state index in [-0.39, 0.29) is 37.0 Å². The maximum absolute atomic E-state index is 12.0. The molecule has 0 spiro atoms. The van der Waals surface area contributed by atoms with E-state index in [9.17, 15) is 22.8 Å². The van der Waals surface area contributed by atoms with Gasteiger partial charge in [-0.3, -0.25) is 14.5 Å². The quantitative estimate of drug-likeness (QED) is 0.793. The highest BCUT2D eigenvalue weighted by Crippen LogP contribution is 2.23. The zero-order valence-electron chi connectivity index (χ0n) is 9.74. The number of hydrogen-bond acceptors (Lipinski definition) is 3. The van der Waals surface area contributed by atoms with Crippen molar-refractivity contribution in [1.29, 1.82) is 0 Å². The van der Waals surface area contributed by atoms with Crippen molar-refractivity contribution in [3.8, 4) is 5.75 Å². The second-order valence-electron chi connectivity index (χ2n) is 4.07. The van der Waals surface area contributed by atoms with Gasteiger partial charge < -0.3 is 4.74 Å². The molecule has 0 bridgehead atoms. The molecule has 0 aromatic heterocycles. The van der Waals surface area contributed by atoms with Gasteiger partial charge in [-0.05, 0) is 17.7 Å². The topological polar surface area (TPSA) is 46.6 Å². The van der Waals surface area contributed by atoms with Crippen LogP contribution in [0.15, 0.2) is 24.3 Å². The molecule has 0 unspecified atom stereocenters. The van der Waals surface area contributed by atoms with Crippen molar-refractivity contribution in [2.45, 2.75) is 25.7 Å². The zero-order valence-corrected chi connectivity index (χ0v) is 9.74. The second-order valence-corrected chi connectivity index (χ2v) is 4.07. The molecule has 1 aliphatic rings. The normalized spacial score (nSPS) is 16.1. The number of likely N-dealkylation sites (tertiary alicyclic amines) is 1. The summed E-state index contributed by atoms with van der Waals surface area (Å²) < 4.78 is 39.6. The van der Waals surface area contributed by atoms with Gasteiger partial charge in [-0.15, -0.1) is 13.2 Å². The van der Waals surface area contributed by atoms with Crippen molar-refractivity contribution in [2.75, 3.05) is 0 Å². The average Bonchev–Trinajstić information content (AvgIpc) is 2.61. The summed E-state index contributed by atoms with van der Waals surface area (Å²) in [5, 5.41) is 0. The Morgan fingerprint density at radius 2 is 1.58 bits per heavy atom. The molecule has 1 aliphatic heterocycles. The van der Waals surface area contributed by atoms with Gasteiger partial charge in [0.05, 0.1) is 6.54 Å². The summed E-state index contributed by atoms with van der Waals surface area (Å²) in [7, 11) is 0. The monoisotopic (exact) mass is 273 g/mol. The third-order valence-electron chi connectivity index (χ3n) is 2.65. The lowest BCUT2D eigenvalue weighted by atomic mass is 10.2. The number of hydrogen-bond donors (Lipinski definition) is 0. The molecule has 1 aromatic carbocycles. The first kappa shape index (κ1) is 13.4. The van der Waals surface area contributed by atoms with Crippen LogP contribution in [0.3, 0.4) is 0 Å². The number of amides is 2. The van der Waals surface area contributed by atoms with E-state index in [1.54, 1.807) is 0 Å². The number of nitrogens with zero attached hydrogens (tertiary/aromatic N) is 1. The summed E-state index contributed by atoms with van der Waals surface area (Å²) in [6.07, 6.45) is -4.36. The number of halogens is 3. The summed E-state index contributed by atoms with van der Waals surface area (Å²) >= 11 is 0. The first-order valence-electron chi connectivity index (χ1n) is 5.53. The van der Waals surface area contributed by atoms with Crippen LogP contribution in [-0.4, -0.2) is 23.1 Å². The first-order chi connectivity index (χ1) is 8.85. The van der Waals surface area contributed by atoms with Gasteiger partial charge in [0.1, 0.15) is 5.75 Å². The first-order valence-corrected chi connectivity index (χ1v) is 5.53. The van der Waals surface area contributed by atoms with E-state index < -0.39 is 6.36 Å². The van der Waals surface area contributed by atoms with Crippen molar-refractivity contribution in [3.05, 3.63) is 29.8 Å². The van der Waals surface area contributed by atoms with Crippen molar-refractivity contribution in [2.24, 2.45) is 0 Å². The summed E-state index contributed by atoms with van der Waals surface area (Å²) in [5.41, 5.74) is 0.568. The van der Waals surface area contributed by atoms with Crippen molar-refractivity contribution >= 4 is 11.8 Å². The van der Waals surface area contributed by atoms with E-state index in [4.69, 9.17) is 0 Å². The Hall–Kier alpha value is -2.05. The van der Waals surface area contributed by atoms with E-state index in [1.807, 2.05) is 0 Å². The molecule has 4 nitrogen and oxygen atoms in total. The van der Waals surface area contributed by atoms with Crippen molar-refractivity contribution in [3.63, 3.8) is 0 Å². The van der Waals surface area contributed by atoms with Crippen LogP contribution in [0.2, 0.25) is 0 Å². The fourth-order valence-corrected chi connectivity index (χ4v) is 1.78. The molecule has 0 saturated carbocycles. The minimum Gasteiger partial charge on any atom is -0.406 e. The summed E-state index contributed by atoms with van der Waals surface area (Å²) in [4.78, 5) is 23.8. The molecule has 102 valence electrons. The third kappa shape index (κ3) is 3.46. The van der Waals surface area contributed by atoms with Crippen LogP contribution in [-0.2, 0) is 16.1 Å². The van der Waals surface area contributed by atoms with Crippen LogP contribution in [0.1, 0.15) is 18.4 Å². The summed E-state index contributed by atoms with van der Waals surface area (Å²) in [6, 6.07) is 5.07. The van der Waals surface area contributed by atoms with Crippen LogP contribution in [0.5, 0.6) is 5.75 Å². The fraction of sp³-hybridized carbons (Fsp3) is 0.333. The van der Waals surface area contributed by atoms with E-state index in [2.05, 4.69) is 4.74 Å². The summed E-state index contributed by atoms with van der Waals surface area (Å²) in [6.45, 7) is 0.0734. The van der Waals surface area contributed by atoms with Crippen molar-refractivity contribution < 1.29 is 27.5 Å². The van der Waals surface area contributed by atoms with E-state index >= 15 is 0 Å². The third-order valence-corrected chi connectivity index (χ3v) is 2.65. The van der Waals surface area contributed by atoms with Crippen LogP contribution in [0.4, 0.5) is 13.2 Å². The Morgan fingerprint density at radius 1 is 1.05 bits per heavy atom. The Morgan fingerprint density at radius 3 is 2.05 bits per heavy atom. The van der Waals surface area contributed by atoms with Crippen LogP contribution in [0.25, 0.3) is 0 Å². The minimum absolute atomic E-state index is 0.0734. The number of benzene rings is 1. The number of carbonyl (C=O) groups excluding carboxylic acids is 2. The zero-order chi connectivity index (χ0) is 14.0.